The molecule has 46 heavy (non-hydrogen) atoms. The van der Waals surface area contributed by atoms with E-state index in [2.05, 4.69) is 9.89 Å². The number of fused-ring (bicyclic) bond motifs is 1. The average Bonchev–Trinajstić information content (AvgIpc) is 3.00. The molecule has 1 saturated heterocycles. The van der Waals surface area contributed by atoms with Gasteiger partial charge in [0, 0.05) is 57.2 Å². The third-order valence-electron chi connectivity index (χ3n) is 6.46. The number of carboxylic acids is 1. The van der Waals surface area contributed by atoms with Crippen LogP contribution in [0.1, 0.15) is 25.0 Å². The van der Waals surface area contributed by atoms with E-state index in [4.69, 9.17) is 24.5 Å². The van der Waals surface area contributed by atoms with Crippen LogP contribution >= 0.6 is 0 Å². The summed E-state index contributed by atoms with van der Waals surface area (Å²) in [5, 5.41) is 15.0. The van der Waals surface area contributed by atoms with Gasteiger partial charge in [0.15, 0.2) is 5.96 Å². The first-order valence-electron chi connectivity index (χ1n) is 13.6. The molecule has 3 aromatic rings. The van der Waals surface area contributed by atoms with Crippen LogP contribution in [-0.4, -0.2) is 79.5 Å². The van der Waals surface area contributed by atoms with Gasteiger partial charge < -0.3 is 39.9 Å². The van der Waals surface area contributed by atoms with Crippen molar-refractivity contribution < 1.29 is 77.1 Å². The van der Waals surface area contributed by atoms with Crippen LogP contribution in [0.4, 0.5) is 34.6 Å². The summed E-state index contributed by atoms with van der Waals surface area (Å²) in [6, 6.07) is 15.6. The molecule has 3 aromatic carbocycles. The van der Waals surface area contributed by atoms with E-state index in [9.17, 15) is 17.6 Å². The first kappa shape index (κ1) is 40.3. The molecule has 246 valence electrons. The topological polar surface area (TPSA) is 130 Å². The van der Waals surface area contributed by atoms with Crippen LogP contribution in [0.5, 0.6) is 11.5 Å². The number of nitrogens with zero attached hydrogens (tertiary/aromatic N) is 4. The zero-order valence-corrected chi connectivity index (χ0v) is 28.3. The molecule has 0 unspecified atom stereocenters. The number of anilines is 2. The number of aliphatic carboxylic acids is 1. The van der Waals surface area contributed by atoms with Crippen LogP contribution < -0.4 is 48.8 Å². The molecule has 0 saturated carbocycles. The molecule has 0 aliphatic carbocycles. The van der Waals surface area contributed by atoms with Crippen molar-refractivity contribution in [3.8, 4) is 11.5 Å². The number of alkyl halides is 3. The Hall–Kier alpha value is -3.69. The van der Waals surface area contributed by atoms with Crippen molar-refractivity contribution in [2.24, 2.45) is 4.99 Å². The number of hydrogen-bond acceptors (Lipinski definition) is 8. The van der Waals surface area contributed by atoms with Gasteiger partial charge in [-0.05, 0) is 43.3 Å². The minimum absolute atomic E-state index is 0. The second-order valence-corrected chi connectivity index (χ2v) is 9.48. The van der Waals surface area contributed by atoms with E-state index in [1.165, 1.54) is 19.2 Å². The Morgan fingerprint density at radius 1 is 0.978 bits per heavy atom. The van der Waals surface area contributed by atoms with E-state index in [1.54, 1.807) is 37.6 Å². The van der Waals surface area contributed by atoms with Crippen molar-refractivity contribution >= 4 is 29.0 Å². The predicted octanol–water partition coefficient (Wildman–Crippen LogP) is 1.97. The van der Waals surface area contributed by atoms with Crippen molar-refractivity contribution in [2.45, 2.75) is 20.0 Å². The molecule has 2 heterocycles. The fraction of sp³-hybridized carbons (Fsp3) is 0.323. The van der Waals surface area contributed by atoms with Gasteiger partial charge in [-0.2, -0.15) is 19.2 Å². The number of piperazine rings is 1. The van der Waals surface area contributed by atoms with Gasteiger partial charge in [0.25, 0.3) is 5.97 Å². The zero-order chi connectivity index (χ0) is 32.4. The van der Waals surface area contributed by atoms with E-state index >= 15 is 0 Å². The number of aliphatic imine (C=N–C) groups is 1. The number of carbonyl (C=O) groups is 1. The molecule has 0 bridgehead atoms. The molecular formula is C31H37F4N4NaO6. The number of carboxylic acid groups (broad SMARTS) is 1. The number of aliphatic hydroxyl groups is 1. The normalized spacial score (nSPS) is 13.5. The molecule has 0 amide bonds. The van der Waals surface area contributed by atoms with E-state index in [1.807, 2.05) is 29.2 Å². The van der Waals surface area contributed by atoms with Crippen molar-refractivity contribution in [1.82, 2.24) is 4.90 Å². The Kier molecular flexibility index (Phi) is 16.2. The maximum Gasteiger partial charge on any atom is 1.00 e. The molecule has 0 spiro atoms. The van der Waals surface area contributed by atoms with Gasteiger partial charge in [-0.15, -0.1) is 11.6 Å². The number of rotatable bonds is 4. The largest absolute Gasteiger partial charge is 1.00 e. The number of methoxy groups -OCH3 is 2. The number of aliphatic hydroxyl groups excluding tert-OH is 1. The van der Waals surface area contributed by atoms with Crippen molar-refractivity contribution in [3.05, 3.63) is 84.2 Å². The minimum Gasteiger partial charge on any atom is -0.497 e. The molecule has 0 aromatic heterocycles. The number of hydrogen-bond donors (Lipinski definition) is 2. The van der Waals surface area contributed by atoms with E-state index < -0.39 is 23.5 Å². The van der Waals surface area contributed by atoms with Crippen molar-refractivity contribution in [1.29, 1.82) is 0 Å². The van der Waals surface area contributed by atoms with Crippen molar-refractivity contribution in [3.63, 3.8) is 0 Å². The molecular weight excluding hydrogens is 623 g/mol. The predicted molar refractivity (Wildman–Crippen MR) is 164 cm³/mol. The van der Waals surface area contributed by atoms with Crippen LogP contribution in [0.2, 0.25) is 0 Å². The quantitative estimate of drug-likeness (QED) is 0.247. The van der Waals surface area contributed by atoms with Gasteiger partial charge >= 0.3 is 35.7 Å². The SMILES string of the molecule is CC(=O)O.CCO.COc1cccc(N2CCN(C3=Nc4c(F)cccc4[CH-]N3c3cc(C(F)(F)F)ccc3OC)CC2)c1.O.[Na+]. The summed E-state index contributed by atoms with van der Waals surface area (Å²) >= 11 is 0. The molecule has 2 aliphatic rings. The Morgan fingerprint density at radius 3 is 2.13 bits per heavy atom. The molecule has 4 N–H and O–H groups in total. The summed E-state index contributed by atoms with van der Waals surface area (Å²) in [5.74, 6) is -0.00894. The number of benzene rings is 3. The number of para-hydroxylation sites is 1. The average molecular weight is 661 g/mol. The van der Waals surface area contributed by atoms with E-state index in [0.717, 1.165) is 30.5 Å². The van der Waals surface area contributed by atoms with Gasteiger partial charge in [-0.25, -0.2) is 4.39 Å². The Bertz CT molecular complexity index is 1450. The summed E-state index contributed by atoms with van der Waals surface area (Å²) in [5.41, 5.74) is 0.960. The third-order valence-corrected chi connectivity index (χ3v) is 6.46. The first-order valence-corrected chi connectivity index (χ1v) is 13.6. The van der Waals surface area contributed by atoms with Gasteiger partial charge in [0.05, 0.1) is 31.3 Å². The molecule has 2 aliphatic heterocycles. The Balaban J connectivity index is 0.00000107. The fourth-order valence-corrected chi connectivity index (χ4v) is 4.53. The van der Waals surface area contributed by atoms with Gasteiger partial charge in [-0.3, -0.25) is 9.79 Å². The van der Waals surface area contributed by atoms with Crippen LogP contribution in [0, 0.1) is 12.4 Å². The summed E-state index contributed by atoms with van der Waals surface area (Å²) in [6.07, 6.45) is -4.54. The van der Waals surface area contributed by atoms with Crippen LogP contribution in [-0.2, 0) is 11.0 Å². The summed E-state index contributed by atoms with van der Waals surface area (Å²) in [7, 11) is 3.01. The second-order valence-electron chi connectivity index (χ2n) is 9.48. The molecule has 0 atom stereocenters. The van der Waals surface area contributed by atoms with Crippen LogP contribution in [0.25, 0.3) is 0 Å². The monoisotopic (exact) mass is 660 g/mol. The first-order chi connectivity index (χ1) is 20.9. The molecule has 5 rings (SSSR count). The number of halogens is 4. The summed E-state index contributed by atoms with van der Waals surface area (Å²) in [4.78, 5) is 19.3. The summed E-state index contributed by atoms with van der Waals surface area (Å²) in [6.45, 7) is 6.91. The molecule has 1 fully saturated rings. The van der Waals surface area contributed by atoms with Crippen LogP contribution in [0.3, 0.4) is 0 Å². The van der Waals surface area contributed by atoms with Gasteiger partial charge in [0.1, 0.15) is 11.5 Å². The molecule has 0 radical (unpaired) electrons. The summed E-state index contributed by atoms with van der Waals surface area (Å²) < 4.78 is 66.2. The second kappa shape index (κ2) is 18.5. The number of guanidine groups is 1. The molecule has 10 nitrogen and oxygen atoms in total. The van der Waals surface area contributed by atoms with Gasteiger partial charge in [0.2, 0.25) is 0 Å². The fourth-order valence-electron chi connectivity index (χ4n) is 4.53. The third kappa shape index (κ3) is 10.4. The zero-order valence-electron chi connectivity index (χ0n) is 26.3. The Labute approximate surface area is 287 Å². The van der Waals surface area contributed by atoms with Crippen LogP contribution in [0.15, 0.2) is 65.7 Å². The standard InChI is InChI=1S/C27H25F4N4O2.C2H4O2.C2H6O.Na.H2O/c1-36-21-7-4-6-20(16-21)33-11-13-34(14-12-33)26-32-25-18(5-3-8-22(25)28)17-35(26)23-15-19(27(29,30)31)9-10-24(23)37-2;1-2(3)4;1-2-3;;/h3-10,15-17H,11-14H2,1-2H3;1H3,(H,3,4);3H,2H2,1H3;;1H2/q-1;;;+1;. The smallest absolute Gasteiger partial charge is 0.497 e. The molecule has 15 heteroatoms. The maximum absolute atomic E-state index is 14.7. The van der Waals surface area contributed by atoms with Gasteiger partial charge in [-0.1, -0.05) is 12.6 Å². The number of ether oxygens (including phenoxy) is 2. The van der Waals surface area contributed by atoms with E-state index in [0.29, 0.717) is 37.7 Å². The van der Waals surface area contributed by atoms with E-state index in [-0.39, 0.29) is 58.8 Å². The maximum atomic E-state index is 14.7. The Morgan fingerprint density at radius 2 is 1.57 bits per heavy atom. The van der Waals surface area contributed by atoms with Crippen molar-refractivity contribution in [2.75, 3.05) is 56.8 Å². The minimum atomic E-state index is -4.54.